The van der Waals surface area contributed by atoms with E-state index in [9.17, 15) is 0 Å². The normalized spacial score (nSPS) is 11.4. The van der Waals surface area contributed by atoms with Crippen molar-refractivity contribution in [3.05, 3.63) is 96.6 Å². The average molecular weight is 276 g/mol. The molecule has 0 saturated carbocycles. The minimum absolute atomic E-state index is 1.18. The van der Waals surface area contributed by atoms with E-state index in [1.807, 2.05) is 38.1 Å². The van der Waals surface area contributed by atoms with Gasteiger partial charge >= 0.3 is 0 Å². The lowest BCUT2D eigenvalue weighted by molar-refractivity contribution is 1.50. The summed E-state index contributed by atoms with van der Waals surface area (Å²) >= 11 is 0. The van der Waals surface area contributed by atoms with Crippen molar-refractivity contribution in [2.75, 3.05) is 0 Å². The minimum atomic E-state index is 1.18. The second-order valence-electron chi connectivity index (χ2n) is 4.42. The predicted octanol–water partition coefficient (Wildman–Crippen LogP) is 6.39. The van der Waals surface area contributed by atoms with Crippen molar-refractivity contribution in [3.63, 3.8) is 0 Å². The maximum absolute atomic E-state index is 3.80. The van der Waals surface area contributed by atoms with Crippen LogP contribution in [0.3, 0.4) is 0 Å². The first-order valence-corrected chi connectivity index (χ1v) is 7.43. The van der Waals surface area contributed by atoms with Gasteiger partial charge in [-0.3, -0.25) is 0 Å². The highest BCUT2D eigenvalue weighted by atomic mass is 14.0. The molecule has 0 amide bonds. The third-order valence-corrected chi connectivity index (χ3v) is 3.01. The van der Waals surface area contributed by atoms with Crippen LogP contribution in [0.2, 0.25) is 0 Å². The number of rotatable bonds is 4. The first kappa shape index (κ1) is 16.7. The van der Waals surface area contributed by atoms with Crippen LogP contribution in [0, 0.1) is 0 Å². The van der Waals surface area contributed by atoms with Gasteiger partial charge in [-0.15, -0.1) is 0 Å². The lowest BCUT2D eigenvalue weighted by atomic mass is 9.99. The van der Waals surface area contributed by atoms with Crippen molar-refractivity contribution in [3.8, 4) is 0 Å². The third kappa shape index (κ3) is 5.27. The molecule has 0 heteroatoms. The van der Waals surface area contributed by atoms with Crippen molar-refractivity contribution in [1.82, 2.24) is 0 Å². The Morgan fingerprint density at radius 1 is 0.810 bits per heavy atom. The smallest absolute Gasteiger partial charge is 0.0181 e. The van der Waals surface area contributed by atoms with Gasteiger partial charge in [0.2, 0.25) is 0 Å². The van der Waals surface area contributed by atoms with E-state index in [-0.39, 0.29) is 0 Å². The fraction of sp³-hybridized carbons (Fsp3) is 0.143. The predicted molar refractivity (Wildman–Crippen MR) is 96.1 cm³/mol. The molecule has 0 atom stereocenters. The van der Waals surface area contributed by atoms with Gasteiger partial charge in [-0.2, -0.15) is 0 Å². The summed E-state index contributed by atoms with van der Waals surface area (Å²) in [5.41, 5.74) is 4.88. The SMILES string of the molecule is C=C/C=C(\C=C(/C)c1ccccc1)c1ccccc1.CC. The molecule has 0 aliphatic rings. The molecule has 0 heterocycles. The summed E-state index contributed by atoms with van der Waals surface area (Å²) in [5, 5.41) is 0. The summed E-state index contributed by atoms with van der Waals surface area (Å²) in [6.45, 7) is 9.93. The summed E-state index contributed by atoms with van der Waals surface area (Å²) < 4.78 is 0. The first-order chi connectivity index (χ1) is 10.3. The van der Waals surface area contributed by atoms with Crippen LogP contribution in [0.4, 0.5) is 0 Å². The van der Waals surface area contributed by atoms with Crippen LogP contribution in [0.25, 0.3) is 11.1 Å². The Labute approximate surface area is 129 Å². The Morgan fingerprint density at radius 3 is 1.76 bits per heavy atom. The highest BCUT2D eigenvalue weighted by Gasteiger charge is 1.99. The molecule has 2 rings (SSSR count). The lowest BCUT2D eigenvalue weighted by Crippen LogP contribution is -1.83. The largest absolute Gasteiger partial charge is 0.0990 e. The van der Waals surface area contributed by atoms with Crippen molar-refractivity contribution in [2.24, 2.45) is 0 Å². The Kier molecular flexibility index (Phi) is 7.60. The van der Waals surface area contributed by atoms with Gasteiger partial charge < -0.3 is 0 Å². The van der Waals surface area contributed by atoms with Crippen molar-refractivity contribution >= 4 is 11.1 Å². The van der Waals surface area contributed by atoms with E-state index in [4.69, 9.17) is 0 Å². The maximum Gasteiger partial charge on any atom is -0.0181 e. The molecule has 2 aromatic rings. The minimum Gasteiger partial charge on any atom is -0.0990 e. The van der Waals surface area contributed by atoms with Crippen LogP contribution < -0.4 is 0 Å². The summed E-state index contributed by atoms with van der Waals surface area (Å²) in [4.78, 5) is 0. The van der Waals surface area contributed by atoms with Crippen LogP contribution in [0.15, 0.2) is 85.5 Å². The number of allylic oxidation sites excluding steroid dienone is 5. The molecule has 0 radical (unpaired) electrons. The summed E-state index contributed by atoms with van der Waals surface area (Å²) in [6, 6.07) is 20.8. The quantitative estimate of drug-likeness (QED) is 0.568. The zero-order chi connectivity index (χ0) is 15.5. The van der Waals surface area contributed by atoms with Gasteiger partial charge in [-0.1, -0.05) is 99.3 Å². The van der Waals surface area contributed by atoms with Gasteiger partial charge in [0.25, 0.3) is 0 Å². The zero-order valence-corrected chi connectivity index (χ0v) is 13.2. The molecule has 21 heavy (non-hydrogen) atoms. The fourth-order valence-corrected chi connectivity index (χ4v) is 2.00. The molecular formula is C21H24. The van der Waals surface area contributed by atoms with E-state index in [2.05, 4.69) is 68.1 Å². The van der Waals surface area contributed by atoms with Gasteiger partial charge in [0, 0.05) is 0 Å². The zero-order valence-electron chi connectivity index (χ0n) is 13.2. The Morgan fingerprint density at radius 2 is 1.29 bits per heavy atom. The first-order valence-electron chi connectivity index (χ1n) is 7.43. The molecule has 0 bridgehead atoms. The summed E-state index contributed by atoms with van der Waals surface area (Å²) in [6.07, 6.45) is 6.07. The molecule has 0 saturated heterocycles. The lowest BCUT2D eigenvalue weighted by Gasteiger charge is -2.05. The molecule has 2 aromatic carbocycles. The Hall–Kier alpha value is -2.34. The number of benzene rings is 2. The van der Waals surface area contributed by atoms with E-state index < -0.39 is 0 Å². The molecule has 0 nitrogen and oxygen atoms in total. The van der Waals surface area contributed by atoms with Crippen LogP contribution in [0.1, 0.15) is 31.9 Å². The van der Waals surface area contributed by atoms with Gasteiger partial charge in [-0.25, -0.2) is 0 Å². The van der Waals surface area contributed by atoms with Crippen LogP contribution >= 0.6 is 0 Å². The summed E-state index contributed by atoms with van der Waals surface area (Å²) in [7, 11) is 0. The van der Waals surface area contributed by atoms with Crippen molar-refractivity contribution in [1.29, 1.82) is 0 Å². The highest BCUT2D eigenvalue weighted by Crippen LogP contribution is 2.22. The van der Waals surface area contributed by atoms with Crippen LogP contribution in [0.5, 0.6) is 0 Å². The summed E-state index contributed by atoms with van der Waals surface area (Å²) in [5.74, 6) is 0. The van der Waals surface area contributed by atoms with E-state index >= 15 is 0 Å². The molecule has 0 unspecified atom stereocenters. The van der Waals surface area contributed by atoms with Crippen molar-refractivity contribution < 1.29 is 0 Å². The molecular weight excluding hydrogens is 252 g/mol. The highest BCUT2D eigenvalue weighted by molar-refractivity contribution is 5.83. The molecule has 0 spiro atoms. The standard InChI is InChI=1S/C19H18.C2H6/c1-3-10-19(18-13-8-5-9-14-18)15-16(2)17-11-6-4-7-12-17;1-2/h3-15H,1H2,2H3;1-2H3/b16-15+,19-10+;. The number of hydrogen-bond donors (Lipinski definition) is 0. The Balaban J connectivity index is 0.00000106. The molecule has 0 N–H and O–H groups in total. The van der Waals surface area contributed by atoms with E-state index in [0.717, 1.165) is 0 Å². The fourth-order valence-electron chi connectivity index (χ4n) is 2.00. The average Bonchev–Trinajstić information content (AvgIpc) is 2.58. The third-order valence-electron chi connectivity index (χ3n) is 3.01. The second kappa shape index (κ2) is 9.55. The number of hydrogen-bond acceptors (Lipinski definition) is 0. The van der Waals surface area contributed by atoms with E-state index in [0.29, 0.717) is 0 Å². The second-order valence-corrected chi connectivity index (χ2v) is 4.42. The van der Waals surface area contributed by atoms with Gasteiger partial charge in [0.15, 0.2) is 0 Å². The van der Waals surface area contributed by atoms with E-state index in [1.165, 1.54) is 22.3 Å². The van der Waals surface area contributed by atoms with Gasteiger partial charge in [-0.05, 0) is 29.2 Å². The topological polar surface area (TPSA) is 0 Å². The van der Waals surface area contributed by atoms with Gasteiger partial charge in [0.1, 0.15) is 0 Å². The molecule has 0 aliphatic heterocycles. The molecule has 108 valence electrons. The maximum atomic E-state index is 3.80. The molecule has 0 aromatic heterocycles. The van der Waals surface area contributed by atoms with Gasteiger partial charge in [0.05, 0.1) is 0 Å². The van der Waals surface area contributed by atoms with Crippen LogP contribution in [-0.2, 0) is 0 Å². The van der Waals surface area contributed by atoms with Crippen molar-refractivity contribution in [2.45, 2.75) is 20.8 Å². The van der Waals surface area contributed by atoms with Crippen LogP contribution in [-0.4, -0.2) is 0 Å². The van der Waals surface area contributed by atoms with E-state index in [1.54, 1.807) is 0 Å². The Bertz CT molecular complexity index is 586. The monoisotopic (exact) mass is 276 g/mol. The molecule has 0 aliphatic carbocycles. The molecule has 0 fully saturated rings.